The number of carbonyl (C=O) groups is 2. The zero-order valence-electron chi connectivity index (χ0n) is 16.3. The second kappa shape index (κ2) is 9.74. The summed E-state index contributed by atoms with van der Waals surface area (Å²) >= 11 is 0. The van der Waals surface area contributed by atoms with Gasteiger partial charge in [0.2, 0.25) is 5.91 Å². The summed E-state index contributed by atoms with van der Waals surface area (Å²) in [5.74, 6) is 0.895. The van der Waals surface area contributed by atoms with Gasteiger partial charge in [0.25, 0.3) is 0 Å². The fourth-order valence-corrected chi connectivity index (χ4v) is 3.94. The molecule has 0 radical (unpaired) electrons. The summed E-state index contributed by atoms with van der Waals surface area (Å²) in [6.45, 7) is 6.99. The first-order valence-electron chi connectivity index (χ1n) is 10.1. The maximum Gasteiger partial charge on any atom is 0.409 e. The van der Waals surface area contributed by atoms with Crippen molar-refractivity contribution < 1.29 is 14.3 Å². The minimum Gasteiger partial charge on any atom is -0.450 e. The Labute approximate surface area is 162 Å². The average molecular weight is 373 g/mol. The van der Waals surface area contributed by atoms with E-state index in [0.717, 1.165) is 32.4 Å². The van der Waals surface area contributed by atoms with Crippen molar-refractivity contribution in [3.05, 3.63) is 35.9 Å². The Morgan fingerprint density at radius 3 is 2.22 bits per heavy atom. The van der Waals surface area contributed by atoms with Crippen LogP contribution in [0.25, 0.3) is 0 Å². The SMILES string of the molecule is CCOC(=O)N1CCN(C(=O)CN2CCC(Cc3ccccc3)CC2)CC1. The lowest BCUT2D eigenvalue weighted by Crippen LogP contribution is -2.53. The molecule has 27 heavy (non-hydrogen) atoms. The molecule has 0 N–H and O–H groups in total. The summed E-state index contributed by atoms with van der Waals surface area (Å²) in [5, 5.41) is 0. The highest BCUT2D eigenvalue weighted by Crippen LogP contribution is 2.21. The number of likely N-dealkylation sites (tertiary alicyclic amines) is 1. The molecule has 3 rings (SSSR count). The number of hydrogen-bond donors (Lipinski definition) is 0. The van der Waals surface area contributed by atoms with E-state index in [4.69, 9.17) is 4.74 Å². The third-order valence-corrected chi connectivity index (χ3v) is 5.59. The van der Waals surface area contributed by atoms with Gasteiger partial charge in [0.05, 0.1) is 13.2 Å². The smallest absolute Gasteiger partial charge is 0.409 e. The van der Waals surface area contributed by atoms with Gasteiger partial charge in [0, 0.05) is 26.2 Å². The molecule has 0 unspecified atom stereocenters. The summed E-state index contributed by atoms with van der Waals surface area (Å²) in [4.78, 5) is 30.2. The molecule has 148 valence electrons. The molecule has 6 nitrogen and oxygen atoms in total. The molecule has 6 heteroatoms. The van der Waals surface area contributed by atoms with Crippen LogP contribution in [0.4, 0.5) is 4.79 Å². The van der Waals surface area contributed by atoms with Crippen LogP contribution in [0.5, 0.6) is 0 Å². The zero-order valence-corrected chi connectivity index (χ0v) is 16.3. The van der Waals surface area contributed by atoms with E-state index in [0.29, 0.717) is 45.2 Å². The van der Waals surface area contributed by atoms with Gasteiger partial charge >= 0.3 is 6.09 Å². The zero-order chi connectivity index (χ0) is 19.1. The summed E-state index contributed by atoms with van der Waals surface area (Å²) in [6.07, 6.45) is 3.17. The van der Waals surface area contributed by atoms with Crippen LogP contribution >= 0.6 is 0 Å². The monoisotopic (exact) mass is 373 g/mol. The van der Waals surface area contributed by atoms with Crippen LogP contribution in [0.15, 0.2) is 30.3 Å². The molecule has 2 saturated heterocycles. The van der Waals surface area contributed by atoms with Crippen LogP contribution in [-0.4, -0.2) is 79.1 Å². The van der Waals surface area contributed by atoms with Crippen molar-refractivity contribution in [2.24, 2.45) is 5.92 Å². The first-order chi connectivity index (χ1) is 13.2. The summed E-state index contributed by atoms with van der Waals surface area (Å²) < 4.78 is 5.03. The number of ether oxygens (including phenoxy) is 1. The van der Waals surface area contributed by atoms with Crippen LogP contribution in [0, 0.1) is 5.92 Å². The Morgan fingerprint density at radius 2 is 1.59 bits per heavy atom. The molecule has 1 aromatic carbocycles. The normalized spacial score (nSPS) is 19.1. The fraction of sp³-hybridized carbons (Fsp3) is 0.619. The van der Waals surface area contributed by atoms with Crippen molar-refractivity contribution in [1.29, 1.82) is 0 Å². The van der Waals surface area contributed by atoms with E-state index in [-0.39, 0.29) is 12.0 Å². The largest absolute Gasteiger partial charge is 0.450 e. The van der Waals surface area contributed by atoms with Crippen LogP contribution in [-0.2, 0) is 16.0 Å². The van der Waals surface area contributed by atoms with Crippen molar-refractivity contribution in [2.45, 2.75) is 26.2 Å². The van der Waals surface area contributed by atoms with Crippen LogP contribution in [0.3, 0.4) is 0 Å². The third kappa shape index (κ3) is 5.70. The summed E-state index contributed by atoms with van der Waals surface area (Å²) in [7, 11) is 0. The standard InChI is InChI=1S/C21H31N3O3/c1-2-27-21(26)24-14-12-23(13-15-24)20(25)17-22-10-8-19(9-11-22)16-18-6-4-3-5-7-18/h3-7,19H,2,8-17H2,1H3. The van der Waals surface area contributed by atoms with Gasteiger partial charge in [-0.2, -0.15) is 0 Å². The predicted octanol–water partition coefficient (Wildman–Crippen LogP) is 2.24. The third-order valence-electron chi connectivity index (χ3n) is 5.59. The Hall–Kier alpha value is -2.08. The van der Waals surface area contributed by atoms with Crippen molar-refractivity contribution >= 4 is 12.0 Å². The van der Waals surface area contributed by atoms with Gasteiger partial charge in [0.1, 0.15) is 0 Å². The number of amides is 2. The lowest BCUT2D eigenvalue weighted by atomic mass is 9.90. The van der Waals surface area contributed by atoms with E-state index in [1.54, 1.807) is 11.8 Å². The molecule has 2 aliphatic heterocycles. The first kappa shape index (κ1) is 19.7. The molecular weight excluding hydrogens is 342 g/mol. The van der Waals surface area contributed by atoms with E-state index in [9.17, 15) is 9.59 Å². The minimum atomic E-state index is -0.273. The molecular formula is C21H31N3O3. The Balaban J connectivity index is 1.37. The quantitative estimate of drug-likeness (QED) is 0.794. The molecule has 0 aliphatic carbocycles. The van der Waals surface area contributed by atoms with Gasteiger partial charge in [-0.3, -0.25) is 9.69 Å². The van der Waals surface area contributed by atoms with Crippen molar-refractivity contribution in [3.8, 4) is 0 Å². The molecule has 0 saturated carbocycles. The van der Waals surface area contributed by atoms with Gasteiger partial charge in [-0.1, -0.05) is 30.3 Å². The number of benzene rings is 1. The molecule has 0 bridgehead atoms. The summed E-state index contributed by atoms with van der Waals surface area (Å²) in [6, 6.07) is 10.7. The highest BCUT2D eigenvalue weighted by molar-refractivity contribution is 5.78. The second-order valence-electron chi connectivity index (χ2n) is 7.48. The molecule has 2 heterocycles. The number of hydrogen-bond acceptors (Lipinski definition) is 4. The van der Waals surface area contributed by atoms with E-state index in [2.05, 4.69) is 35.2 Å². The van der Waals surface area contributed by atoms with E-state index >= 15 is 0 Å². The lowest BCUT2D eigenvalue weighted by molar-refractivity contribution is -0.134. The highest BCUT2D eigenvalue weighted by atomic mass is 16.6. The van der Waals surface area contributed by atoms with Crippen molar-refractivity contribution in [3.63, 3.8) is 0 Å². The maximum atomic E-state index is 12.6. The Bertz CT molecular complexity index is 606. The maximum absolute atomic E-state index is 12.6. The number of rotatable bonds is 5. The van der Waals surface area contributed by atoms with Crippen LogP contribution in [0.1, 0.15) is 25.3 Å². The molecule has 0 aromatic heterocycles. The van der Waals surface area contributed by atoms with Crippen molar-refractivity contribution in [1.82, 2.24) is 14.7 Å². The van der Waals surface area contributed by atoms with E-state index in [1.807, 2.05) is 4.90 Å². The second-order valence-corrected chi connectivity index (χ2v) is 7.48. The molecule has 2 amide bonds. The molecule has 2 fully saturated rings. The molecule has 2 aliphatic rings. The van der Waals surface area contributed by atoms with Crippen LogP contribution < -0.4 is 0 Å². The molecule has 1 aromatic rings. The van der Waals surface area contributed by atoms with E-state index in [1.165, 1.54) is 5.56 Å². The van der Waals surface area contributed by atoms with Gasteiger partial charge in [0.15, 0.2) is 0 Å². The Kier molecular flexibility index (Phi) is 7.10. The average Bonchev–Trinajstić information content (AvgIpc) is 2.70. The molecule has 0 spiro atoms. The minimum absolute atomic E-state index is 0.181. The number of carbonyl (C=O) groups excluding carboxylic acids is 2. The Morgan fingerprint density at radius 1 is 0.963 bits per heavy atom. The highest BCUT2D eigenvalue weighted by Gasteiger charge is 2.27. The number of piperazine rings is 1. The van der Waals surface area contributed by atoms with Gasteiger partial charge < -0.3 is 14.5 Å². The summed E-state index contributed by atoms with van der Waals surface area (Å²) in [5.41, 5.74) is 1.41. The van der Waals surface area contributed by atoms with Crippen molar-refractivity contribution in [2.75, 3.05) is 52.4 Å². The van der Waals surface area contributed by atoms with Gasteiger partial charge in [-0.05, 0) is 50.8 Å². The van der Waals surface area contributed by atoms with Gasteiger partial charge in [-0.25, -0.2) is 4.79 Å². The van der Waals surface area contributed by atoms with E-state index < -0.39 is 0 Å². The fourth-order valence-electron chi connectivity index (χ4n) is 3.94. The number of piperidine rings is 1. The first-order valence-corrected chi connectivity index (χ1v) is 10.1. The topological polar surface area (TPSA) is 53.1 Å². The van der Waals surface area contributed by atoms with Gasteiger partial charge in [-0.15, -0.1) is 0 Å². The van der Waals surface area contributed by atoms with Crippen LogP contribution in [0.2, 0.25) is 0 Å². The predicted molar refractivity (Wildman–Crippen MR) is 104 cm³/mol. The number of nitrogens with zero attached hydrogens (tertiary/aromatic N) is 3. The molecule has 0 atom stereocenters. The lowest BCUT2D eigenvalue weighted by Gasteiger charge is -2.36.